The van der Waals surface area contributed by atoms with E-state index in [2.05, 4.69) is 24.8 Å². The number of ether oxygens (including phenoxy) is 1. The average Bonchev–Trinajstić information content (AvgIpc) is 2.68. The third-order valence-electron chi connectivity index (χ3n) is 4.32. The van der Waals surface area contributed by atoms with E-state index in [1.165, 1.54) is 0 Å². The number of nitrogens with zero attached hydrogens (tertiary/aromatic N) is 2. The van der Waals surface area contributed by atoms with Gasteiger partial charge in [-0.3, -0.25) is 4.57 Å². The standard InChI is InChI=1S/C20H33N2O4P/c1-5-22(6-2)16-19(24-17-18-12-10-9-11-13-18)14-20(15-21)27(23,25-7-3)26-8-4/h9-13,19-20H,5-8,14,16-17H2,1-4H3. The molecule has 7 heteroatoms. The first-order valence-electron chi connectivity index (χ1n) is 9.69. The summed E-state index contributed by atoms with van der Waals surface area (Å²) < 4.78 is 29.9. The maximum Gasteiger partial charge on any atom is 0.347 e. The molecule has 0 aliphatic heterocycles. The van der Waals surface area contributed by atoms with Crippen LogP contribution in [0.15, 0.2) is 30.3 Å². The fourth-order valence-electron chi connectivity index (χ4n) is 2.83. The van der Waals surface area contributed by atoms with Gasteiger partial charge in [-0.2, -0.15) is 5.26 Å². The molecule has 2 unspecified atom stereocenters. The van der Waals surface area contributed by atoms with E-state index in [9.17, 15) is 9.83 Å². The molecule has 0 saturated carbocycles. The molecule has 0 bridgehead atoms. The van der Waals surface area contributed by atoms with E-state index >= 15 is 0 Å². The second-order valence-corrected chi connectivity index (χ2v) is 8.38. The predicted octanol–water partition coefficient (Wildman–Crippen LogP) is 4.46. The van der Waals surface area contributed by atoms with Gasteiger partial charge in [-0.15, -0.1) is 0 Å². The zero-order valence-electron chi connectivity index (χ0n) is 17.0. The highest BCUT2D eigenvalue weighted by atomic mass is 31.2. The smallest absolute Gasteiger partial charge is 0.347 e. The minimum Gasteiger partial charge on any atom is -0.372 e. The van der Waals surface area contributed by atoms with Crippen LogP contribution in [0, 0.1) is 11.3 Å². The highest BCUT2D eigenvalue weighted by Gasteiger charge is 2.38. The SMILES string of the molecule is CCOP(=O)(OCC)C(C#N)CC(CN(CC)CC)OCc1ccccc1. The maximum absolute atomic E-state index is 13.0. The number of hydrogen-bond donors (Lipinski definition) is 0. The van der Waals surface area contributed by atoms with Crippen molar-refractivity contribution in [3.05, 3.63) is 35.9 Å². The lowest BCUT2D eigenvalue weighted by atomic mass is 10.1. The summed E-state index contributed by atoms with van der Waals surface area (Å²) in [5, 5.41) is 9.65. The highest BCUT2D eigenvalue weighted by Crippen LogP contribution is 2.54. The Morgan fingerprint density at radius 2 is 1.67 bits per heavy atom. The third-order valence-corrected chi connectivity index (χ3v) is 6.65. The number of hydrogen-bond acceptors (Lipinski definition) is 6. The summed E-state index contributed by atoms with van der Waals surface area (Å²) in [5.74, 6) is 0. The summed E-state index contributed by atoms with van der Waals surface area (Å²) >= 11 is 0. The van der Waals surface area contributed by atoms with E-state index < -0.39 is 13.3 Å². The minimum atomic E-state index is -3.50. The first kappa shape index (κ1) is 23.8. The van der Waals surface area contributed by atoms with Gasteiger partial charge < -0.3 is 18.7 Å². The molecule has 1 rings (SSSR count). The lowest BCUT2D eigenvalue weighted by molar-refractivity contribution is 0.0119. The van der Waals surface area contributed by atoms with E-state index in [1.54, 1.807) is 13.8 Å². The van der Waals surface area contributed by atoms with Crippen molar-refractivity contribution in [2.24, 2.45) is 0 Å². The lowest BCUT2D eigenvalue weighted by Crippen LogP contribution is -2.36. The first-order chi connectivity index (χ1) is 13.0. The van der Waals surface area contributed by atoms with Crippen molar-refractivity contribution >= 4 is 7.60 Å². The molecule has 0 saturated heterocycles. The Kier molecular flexibility index (Phi) is 11.5. The zero-order valence-corrected chi connectivity index (χ0v) is 17.9. The van der Waals surface area contributed by atoms with Gasteiger partial charge in [-0.25, -0.2) is 0 Å². The van der Waals surface area contributed by atoms with Gasteiger partial charge in [-0.1, -0.05) is 44.2 Å². The average molecular weight is 396 g/mol. The van der Waals surface area contributed by atoms with Gasteiger partial charge in [0.1, 0.15) is 0 Å². The topological polar surface area (TPSA) is 71.8 Å². The van der Waals surface area contributed by atoms with Crippen LogP contribution < -0.4 is 0 Å². The molecule has 0 heterocycles. The largest absolute Gasteiger partial charge is 0.372 e. The second kappa shape index (κ2) is 13.0. The molecular weight excluding hydrogens is 363 g/mol. The zero-order chi connectivity index (χ0) is 20.1. The summed E-state index contributed by atoms with van der Waals surface area (Å²) in [4.78, 5) is 2.23. The normalized spacial score (nSPS) is 14.1. The van der Waals surface area contributed by atoms with Crippen molar-refractivity contribution in [2.45, 2.75) is 52.5 Å². The van der Waals surface area contributed by atoms with Gasteiger partial charge in [0, 0.05) is 13.0 Å². The minimum absolute atomic E-state index is 0.237. The number of nitriles is 1. The van der Waals surface area contributed by atoms with Gasteiger partial charge in [0.15, 0.2) is 5.66 Å². The second-order valence-electron chi connectivity index (χ2n) is 6.16. The highest BCUT2D eigenvalue weighted by molar-refractivity contribution is 7.55. The van der Waals surface area contributed by atoms with Gasteiger partial charge in [-0.05, 0) is 32.5 Å². The molecule has 0 amide bonds. The van der Waals surface area contributed by atoms with Crippen molar-refractivity contribution in [2.75, 3.05) is 32.8 Å². The van der Waals surface area contributed by atoms with E-state index in [0.29, 0.717) is 19.6 Å². The molecule has 2 atom stereocenters. The van der Waals surface area contributed by atoms with Gasteiger partial charge in [0.2, 0.25) is 0 Å². The van der Waals surface area contributed by atoms with Crippen LogP contribution in [-0.2, 0) is 25.0 Å². The van der Waals surface area contributed by atoms with Crippen LogP contribution in [-0.4, -0.2) is 49.5 Å². The molecule has 0 spiro atoms. The van der Waals surface area contributed by atoms with Crippen LogP contribution in [0.1, 0.15) is 39.7 Å². The number of rotatable bonds is 14. The van der Waals surface area contributed by atoms with E-state index in [4.69, 9.17) is 13.8 Å². The molecule has 0 fully saturated rings. The summed E-state index contributed by atoms with van der Waals surface area (Å²) in [7, 11) is -3.50. The van der Waals surface area contributed by atoms with Crippen molar-refractivity contribution in [1.82, 2.24) is 4.90 Å². The van der Waals surface area contributed by atoms with Crippen LogP contribution >= 0.6 is 7.60 Å². The maximum atomic E-state index is 13.0. The van der Waals surface area contributed by atoms with Crippen molar-refractivity contribution < 1.29 is 18.3 Å². The van der Waals surface area contributed by atoms with E-state index in [1.807, 2.05) is 30.3 Å². The van der Waals surface area contributed by atoms with E-state index in [-0.39, 0.29) is 19.3 Å². The van der Waals surface area contributed by atoms with Crippen LogP contribution in [0.4, 0.5) is 0 Å². The number of likely N-dealkylation sites (N-methyl/N-ethyl adjacent to an activating group) is 1. The molecular formula is C20H33N2O4P. The Hall–Kier alpha value is -1.22. The fraction of sp³-hybridized carbons (Fsp3) is 0.650. The van der Waals surface area contributed by atoms with Gasteiger partial charge >= 0.3 is 7.60 Å². The predicted molar refractivity (Wildman–Crippen MR) is 108 cm³/mol. The molecule has 6 nitrogen and oxygen atoms in total. The quantitative estimate of drug-likeness (QED) is 0.432. The summed E-state index contributed by atoms with van der Waals surface area (Å²) in [6.07, 6.45) is 0.0564. The Morgan fingerprint density at radius 1 is 1.07 bits per heavy atom. The van der Waals surface area contributed by atoms with Crippen LogP contribution in [0.5, 0.6) is 0 Å². The van der Waals surface area contributed by atoms with Crippen molar-refractivity contribution in [1.29, 1.82) is 5.26 Å². The summed E-state index contributed by atoms with van der Waals surface area (Å²) in [5.41, 5.74) is 0.210. The van der Waals surface area contributed by atoms with Crippen LogP contribution in [0.2, 0.25) is 0 Å². The molecule has 1 aromatic rings. The molecule has 0 radical (unpaired) electrons. The van der Waals surface area contributed by atoms with E-state index in [0.717, 1.165) is 18.7 Å². The third kappa shape index (κ3) is 8.13. The Labute approximate surface area is 163 Å². The summed E-state index contributed by atoms with van der Waals surface area (Å²) in [6.45, 7) is 11.0. The Balaban J connectivity index is 2.91. The number of benzene rings is 1. The molecule has 0 N–H and O–H groups in total. The van der Waals surface area contributed by atoms with Gasteiger partial charge in [0.25, 0.3) is 0 Å². The fourth-order valence-corrected chi connectivity index (χ4v) is 4.62. The molecule has 0 aromatic heterocycles. The Bertz CT molecular complexity index is 592. The summed E-state index contributed by atoms with van der Waals surface area (Å²) in [6, 6.07) is 12.0. The van der Waals surface area contributed by atoms with Crippen LogP contribution in [0.3, 0.4) is 0 Å². The lowest BCUT2D eigenvalue weighted by Gasteiger charge is -2.29. The molecule has 0 aliphatic carbocycles. The molecule has 0 aliphatic rings. The van der Waals surface area contributed by atoms with Crippen molar-refractivity contribution in [3.8, 4) is 6.07 Å². The molecule has 1 aromatic carbocycles. The molecule has 152 valence electrons. The molecule has 27 heavy (non-hydrogen) atoms. The monoisotopic (exact) mass is 396 g/mol. The van der Waals surface area contributed by atoms with Gasteiger partial charge in [0.05, 0.1) is 32.0 Å². The van der Waals surface area contributed by atoms with Crippen LogP contribution in [0.25, 0.3) is 0 Å². The Morgan fingerprint density at radius 3 is 2.15 bits per heavy atom. The van der Waals surface area contributed by atoms with Crippen molar-refractivity contribution in [3.63, 3.8) is 0 Å². The first-order valence-corrected chi connectivity index (χ1v) is 11.3.